The molecule has 1 heterocycles. The highest BCUT2D eigenvalue weighted by Gasteiger charge is 2.10. The first-order chi connectivity index (χ1) is 15.4. The quantitative estimate of drug-likeness (QED) is 0.354. The summed E-state index contributed by atoms with van der Waals surface area (Å²) in [5.41, 5.74) is 1.54. The van der Waals surface area contributed by atoms with Crippen LogP contribution in [0.5, 0.6) is 5.75 Å². The summed E-state index contributed by atoms with van der Waals surface area (Å²) in [6.45, 7) is 2.78. The van der Waals surface area contributed by atoms with E-state index in [-0.39, 0.29) is 11.8 Å². The Morgan fingerprint density at radius 3 is 2.81 bits per heavy atom. The number of aromatic nitrogens is 2. The molecule has 0 saturated carbocycles. The zero-order chi connectivity index (χ0) is 22.9. The van der Waals surface area contributed by atoms with Gasteiger partial charge in [-0.05, 0) is 55.3 Å². The van der Waals surface area contributed by atoms with Crippen molar-refractivity contribution in [3.63, 3.8) is 0 Å². The molecular weight excluding hydrogens is 516 g/mol. The van der Waals surface area contributed by atoms with Crippen molar-refractivity contribution in [2.75, 3.05) is 18.5 Å². The number of hydrogen-bond acceptors (Lipinski definition) is 6. The standard InChI is InChI=1S/C22H22BrClN4O3S/c1-14-12-17(24)7-8-18(14)31-11-3-6-19(29)26-22-28-27-20(32-22)9-10-25-21(30)15-4-2-5-16(23)13-15/h2,4-5,7-8,12-13H,3,6,9-11H2,1H3,(H,25,30)(H,26,28,29). The van der Waals surface area contributed by atoms with Gasteiger partial charge in [0.15, 0.2) is 0 Å². The van der Waals surface area contributed by atoms with Crippen molar-refractivity contribution < 1.29 is 14.3 Å². The van der Waals surface area contributed by atoms with Crippen LogP contribution in [-0.4, -0.2) is 35.2 Å². The van der Waals surface area contributed by atoms with Crippen LogP contribution in [0.1, 0.15) is 33.8 Å². The molecule has 0 unspecified atom stereocenters. The predicted molar refractivity (Wildman–Crippen MR) is 130 cm³/mol. The van der Waals surface area contributed by atoms with E-state index < -0.39 is 0 Å². The van der Waals surface area contributed by atoms with Gasteiger partial charge in [0, 0.05) is 34.4 Å². The second-order valence-electron chi connectivity index (χ2n) is 6.93. The van der Waals surface area contributed by atoms with E-state index in [0.717, 1.165) is 20.8 Å². The summed E-state index contributed by atoms with van der Waals surface area (Å²) in [7, 11) is 0. The Kier molecular flexibility index (Phi) is 9.01. The van der Waals surface area contributed by atoms with Crippen LogP contribution in [0.2, 0.25) is 5.02 Å². The molecule has 32 heavy (non-hydrogen) atoms. The molecule has 0 atom stereocenters. The Bertz CT molecular complexity index is 1090. The summed E-state index contributed by atoms with van der Waals surface area (Å²) in [5.74, 6) is 0.461. The number of carbonyl (C=O) groups is 2. The largest absolute Gasteiger partial charge is 0.493 e. The van der Waals surface area contributed by atoms with Gasteiger partial charge >= 0.3 is 0 Å². The summed E-state index contributed by atoms with van der Waals surface area (Å²) < 4.78 is 6.55. The first-order valence-corrected chi connectivity index (χ1v) is 11.9. The van der Waals surface area contributed by atoms with Crippen LogP contribution < -0.4 is 15.4 Å². The molecular formula is C22H22BrClN4O3S. The third kappa shape index (κ3) is 7.58. The number of benzene rings is 2. The summed E-state index contributed by atoms with van der Waals surface area (Å²) in [6.07, 6.45) is 1.41. The molecule has 2 amide bonds. The maximum atomic E-state index is 12.1. The van der Waals surface area contributed by atoms with Gasteiger partial charge in [-0.25, -0.2) is 0 Å². The molecule has 10 heteroatoms. The van der Waals surface area contributed by atoms with Gasteiger partial charge in [-0.3, -0.25) is 9.59 Å². The van der Waals surface area contributed by atoms with Gasteiger partial charge < -0.3 is 15.4 Å². The fourth-order valence-corrected chi connectivity index (χ4v) is 4.17. The van der Waals surface area contributed by atoms with Gasteiger partial charge in [-0.1, -0.05) is 44.9 Å². The first kappa shape index (κ1) is 24.2. The fraction of sp³-hybridized carbons (Fsp3) is 0.273. The van der Waals surface area contributed by atoms with Crippen molar-refractivity contribution in [3.05, 3.63) is 68.1 Å². The molecule has 7 nitrogen and oxygen atoms in total. The second kappa shape index (κ2) is 11.9. The average molecular weight is 538 g/mol. The van der Waals surface area contributed by atoms with Crippen molar-refractivity contribution in [2.24, 2.45) is 0 Å². The smallest absolute Gasteiger partial charge is 0.251 e. The van der Waals surface area contributed by atoms with Gasteiger partial charge in [-0.15, -0.1) is 10.2 Å². The first-order valence-electron chi connectivity index (χ1n) is 9.95. The van der Waals surface area contributed by atoms with Crippen LogP contribution >= 0.6 is 38.9 Å². The molecule has 3 aromatic rings. The summed E-state index contributed by atoms with van der Waals surface area (Å²) in [6, 6.07) is 12.6. The maximum absolute atomic E-state index is 12.1. The number of rotatable bonds is 10. The molecule has 168 valence electrons. The zero-order valence-corrected chi connectivity index (χ0v) is 20.5. The van der Waals surface area contributed by atoms with E-state index in [1.807, 2.05) is 31.2 Å². The highest BCUT2D eigenvalue weighted by Crippen LogP contribution is 2.22. The minimum absolute atomic E-state index is 0.146. The Morgan fingerprint density at radius 2 is 2.03 bits per heavy atom. The van der Waals surface area contributed by atoms with Crippen LogP contribution in [0.25, 0.3) is 0 Å². The number of nitrogens with one attached hydrogen (secondary N) is 2. The van der Waals surface area contributed by atoms with Crippen LogP contribution in [0.15, 0.2) is 46.9 Å². The van der Waals surface area contributed by atoms with Crippen LogP contribution in [-0.2, 0) is 11.2 Å². The molecule has 0 bridgehead atoms. The lowest BCUT2D eigenvalue weighted by Gasteiger charge is -2.09. The maximum Gasteiger partial charge on any atom is 0.251 e. The van der Waals surface area contributed by atoms with E-state index in [1.54, 1.807) is 18.2 Å². The molecule has 2 N–H and O–H groups in total. The van der Waals surface area contributed by atoms with E-state index >= 15 is 0 Å². The predicted octanol–water partition coefficient (Wildman–Crippen LogP) is 5.03. The van der Waals surface area contributed by atoms with E-state index in [4.69, 9.17) is 16.3 Å². The van der Waals surface area contributed by atoms with Crippen molar-refractivity contribution >= 4 is 55.8 Å². The number of carbonyl (C=O) groups excluding carboxylic acids is 2. The van der Waals surface area contributed by atoms with Gasteiger partial charge in [0.2, 0.25) is 11.0 Å². The number of ether oxygens (including phenoxy) is 1. The molecule has 0 fully saturated rings. The molecule has 0 radical (unpaired) electrons. The second-order valence-corrected chi connectivity index (χ2v) is 9.34. The molecule has 3 rings (SSSR count). The number of amides is 2. The molecule has 0 spiro atoms. The average Bonchev–Trinajstić information content (AvgIpc) is 3.19. The van der Waals surface area contributed by atoms with Crippen molar-refractivity contribution in [1.82, 2.24) is 15.5 Å². The zero-order valence-electron chi connectivity index (χ0n) is 17.4. The Morgan fingerprint density at radius 1 is 1.19 bits per heavy atom. The fourth-order valence-electron chi connectivity index (χ4n) is 2.79. The number of aryl methyl sites for hydroxylation is 1. The van der Waals surface area contributed by atoms with Crippen LogP contribution in [0, 0.1) is 6.92 Å². The minimum atomic E-state index is -0.152. The van der Waals surface area contributed by atoms with Crippen molar-refractivity contribution in [3.8, 4) is 5.75 Å². The molecule has 0 aliphatic carbocycles. The van der Waals surface area contributed by atoms with E-state index in [1.165, 1.54) is 11.3 Å². The Labute approximate surface area is 203 Å². The normalized spacial score (nSPS) is 10.6. The minimum Gasteiger partial charge on any atom is -0.493 e. The van der Waals surface area contributed by atoms with Crippen LogP contribution in [0.4, 0.5) is 5.13 Å². The third-order valence-electron chi connectivity index (χ3n) is 4.37. The SMILES string of the molecule is Cc1cc(Cl)ccc1OCCCC(=O)Nc1nnc(CCNC(=O)c2cccc(Br)c2)s1. The summed E-state index contributed by atoms with van der Waals surface area (Å²) >= 11 is 10.6. The molecule has 0 aliphatic rings. The molecule has 0 aliphatic heterocycles. The Hall–Kier alpha value is -2.49. The highest BCUT2D eigenvalue weighted by molar-refractivity contribution is 9.10. The third-order valence-corrected chi connectivity index (χ3v) is 5.99. The summed E-state index contributed by atoms with van der Waals surface area (Å²) in [5, 5.41) is 15.5. The van der Waals surface area contributed by atoms with Gasteiger partial charge in [0.05, 0.1) is 6.61 Å². The van der Waals surface area contributed by atoms with Gasteiger partial charge in [-0.2, -0.15) is 0 Å². The van der Waals surface area contributed by atoms with E-state index in [9.17, 15) is 9.59 Å². The lowest BCUT2D eigenvalue weighted by molar-refractivity contribution is -0.116. The lowest BCUT2D eigenvalue weighted by Crippen LogP contribution is -2.25. The molecule has 2 aromatic carbocycles. The number of nitrogens with zero attached hydrogens (tertiary/aromatic N) is 2. The van der Waals surface area contributed by atoms with Gasteiger partial charge in [0.1, 0.15) is 10.8 Å². The number of anilines is 1. The lowest BCUT2D eigenvalue weighted by atomic mass is 10.2. The van der Waals surface area contributed by atoms with Crippen molar-refractivity contribution in [1.29, 1.82) is 0 Å². The monoisotopic (exact) mass is 536 g/mol. The molecule has 0 saturated heterocycles. The Balaban J connectivity index is 1.35. The number of hydrogen-bond donors (Lipinski definition) is 2. The number of halogens is 2. The molecule has 1 aromatic heterocycles. The van der Waals surface area contributed by atoms with Crippen LogP contribution in [0.3, 0.4) is 0 Å². The van der Waals surface area contributed by atoms with Crippen molar-refractivity contribution in [2.45, 2.75) is 26.2 Å². The summed E-state index contributed by atoms with van der Waals surface area (Å²) in [4.78, 5) is 24.3. The van der Waals surface area contributed by atoms with Gasteiger partial charge in [0.25, 0.3) is 5.91 Å². The topological polar surface area (TPSA) is 93.2 Å². The highest BCUT2D eigenvalue weighted by atomic mass is 79.9. The van der Waals surface area contributed by atoms with E-state index in [0.29, 0.717) is 48.1 Å². The van der Waals surface area contributed by atoms with E-state index in [2.05, 4.69) is 36.8 Å².